The zero-order valence-electron chi connectivity index (χ0n) is 16.7. The molecule has 1 N–H and O–H groups in total. The molecule has 0 saturated carbocycles. The average Bonchev–Trinajstić information content (AvgIpc) is 2.79. The molecule has 0 aromatic heterocycles. The summed E-state index contributed by atoms with van der Waals surface area (Å²) in [4.78, 5) is 0. The minimum absolute atomic E-state index is 0.221. The van der Waals surface area contributed by atoms with E-state index in [1.807, 2.05) is 48.5 Å². The SMILES string of the molecule is Fc1ccc(CNCc2c(OCCOc3ccccc3)ccc3ccccc23)cc1. The Hall–Kier alpha value is -3.37. The van der Waals surface area contributed by atoms with Gasteiger partial charge in [-0.25, -0.2) is 4.39 Å². The van der Waals surface area contributed by atoms with Crippen LogP contribution in [0, 0.1) is 5.82 Å². The van der Waals surface area contributed by atoms with Gasteiger partial charge in [-0.15, -0.1) is 0 Å². The molecule has 0 aliphatic heterocycles. The summed E-state index contributed by atoms with van der Waals surface area (Å²) < 4.78 is 24.9. The van der Waals surface area contributed by atoms with E-state index in [0.717, 1.165) is 28.0 Å². The largest absolute Gasteiger partial charge is 0.490 e. The lowest BCUT2D eigenvalue weighted by molar-refractivity contribution is 0.216. The molecule has 4 aromatic rings. The molecule has 0 aliphatic carbocycles. The van der Waals surface area contributed by atoms with Gasteiger partial charge < -0.3 is 14.8 Å². The van der Waals surface area contributed by atoms with E-state index < -0.39 is 0 Å². The highest BCUT2D eigenvalue weighted by Crippen LogP contribution is 2.28. The molecule has 0 aliphatic rings. The molecule has 0 spiro atoms. The Balaban J connectivity index is 1.43. The predicted octanol–water partition coefficient (Wildman–Crippen LogP) is 5.73. The van der Waals surface area contributed by atoms with Crippen LogP contribution in [0.25, 0.3) is 10.8 Å². The maximum atomic E-state index is 13.1. The van der Waals surface area contributed by atoms with E-state index in [0.29, 0.717) is 26.3 Å². The molecular weight excluding hydrogens is 377 g/mol. The summed E-state index contributed by atoms with van der Waals surface area (Å²) in [7, 11) is 0. The highest BCUT2D eigenvalue weighted by molar-refractivity contribution is 5.87. The minimum atomic E-state index is -0.221. The van der Waals surface area contributed by atoms with Crippen molar-refractivity contribution in [3.63, 3.8) is 0 Å². The van der Waals surface area contributed by atoms with Crippen LogP contribution in [0.5, 0.6) is 11.5 Å². The molecule has 0 amide bonds. The molecule has 30 heavy (non-hydrogen) atoms. The van der Waals surface area contributed by atoms with Crippen LogP contribution in [-0.4, -0.2) is 13.2 Å². The van der Waals surface area contributed by atoms with Gasteiger partial charge in [-0.3, -0.25) is 0 Å². The smallest absolute Gasteiger partial charge is 0.124 e. The first-order valence-electron chi connectivity index (χ1n) is 10.1. The van der Waals surface area contributed by atoms with Gasteiger partial charge in [-0.1, -0.05) is 60.7 Å². The van der Waals surface area contributed by atoms with Crippen molar-refractivity contribution in [3.05, 3.63) is 108 Å². The number of halogens is 1. The van der Waals surface area contributed by atoms with Crippen LogP contribution in [-0.2, 0) is 13.1 Å². The van der Waals surface area contributed by atoms with Crippen molar-refractivity contribution < 1.29 is 13.9 Å². The van der Waals surface area contributed by atoms with Gasteiger partial charge in [0.15, 0.2) is 0 Å². The normalized spacial score (nSPS) is 10.8. The molecule has 0 atom stereocenters. The van der Waals surface area contributed by atoms with Crippen molar-refractivity contribution >= 4 is 10.8 Å². The second kappa shape index (κ2) is 9.90. The minimum Gasteiger partial charge on any atom is -0.490 e. The number of fused-ring (bicyclic) bond motifs is 1. The lowest BCUT2D eigenvalue weighted by atomic mass is 10.0. The van der Waals surface area contributed by atoms with E-state index in [4.69, 9.17) is 9.47 Å². The van der Waals surface area contributed by atoms with E-state index in [9.17, 15) is 4.39 Å². The number of hydrogen-bond acceptors (Lipinski definition) is 3. The second-order valence-corrected chi connectivity index (χ2v) is 7.00. The Morgan fingerprint density at radius 3 is 2.23 bits per heavy atom. The molecule has 3 nitrogen and oxygen atoms in total. The standard InChI is InChI=1S/C26H24FNO2/c27-22-13-10-20(11-14-22)18-28-19-25-24-9-5-4-6-21(24)12-15-26(25)30-17-16-29-23-7-2-1-3-8-23/h1-15,28H,16-19H2. The summed E-state index contributed by atoms with van der Waals surface area (Å²) in [5.74, 6) is 1.46. The van der Waals surface area contributed by atoms with Gasteiger partial charge >= 0.3 is 0 Å². The van der Waals surface area contributed by atoms with Crippen LogP contribution in [0.1, 0.15) is 11.1 Å². The second-order valence-electron chi connectivity index (χ2n) is 7.00. The van der Waals surface area contributed by atoms with Gasteiger partial charge in [-0.05, 0) is 46.7 Å². The molecule has 0 fully saturated rings. The van der Waals surface area contributed by atoms with Crippen LogP contribution < -0.4 is 14.8 Å². The van der Waals surface area contributed by atoms with Crippen molar-refractivity contribution in [1.82, 2.24) is 5.32 Å². The zero-order valence-corrected chi connectivity index (χ0v) is 16.7. The summed E-state index contributed by atoms with van der Waals surface area (Å²) in [5, 5.41) is 5.78. The van der Waals surface area contributed by atoms with Gasteiger partial charge in [0.25, 0.3) is 0 Å². The van der Waals surface area contributed by atoms with Gasteiger partial charge in [-0.2, -0.15) is 0 Å². The van der Waals surface area contributed by atoms with Crippen molar-refractivity contribution in [2.24, 2.45) is 0 Å². The molecule has 0 heterocycles. The Morgan fingerprint density at radius 2 is 1.40 bits per heavy atom. The zero-order chi connectivity index (χ0) is 20.6. The summed E-state index contributed by atoms with van der Waals surface area (Å²) in [5.41, 5.74) is 2.14. The van der Waals surface area contributed by atoms with Crippen LogP contribution in [0.2, 0.25) is 0 Å². The van der Waals surface area contributed by atoms with E-state index in [1.165, 1.54) is 17.5 Å². The molecule has 0 unspecified atom stereocenters. The average molecular weight is 401 g/mol. The molecular formula is C26H24FNO2. The van der Waals surface area contributed by atoms with Gasteiger partial charge in [0.1, 0.15) is 30.5 Å². The molecule has 0 saturated heterocycles. The monoisotopic (exact) mass is 401 g/mol. The summed E-state index contributed by atoms with van der Waals surface area (Å²) in [6, 6.07) is 28.6. The third kappa shape index (κ3) is 5.16. The number of benzene rings is 4. The predicted molar refractivity (Wildman–Crippen MR) is 118 cm³/mol. The van der Waals surface area contributed by atoms with Crippen LogP contribution in [0.3, 0.4) is 0 Å². The van der Waals surface area contributed by atoms with Crippen LogP contribution in [0.15, 0.2) is 91.0 Å². The fourth-order valence-electron chi connectivity index (χ4n) is 3.40. The lowest BCUT2D eigenvalue weighted by Crippen LogP contribution is -2.15. The van der Waals surface area contributed by atoms with Crippen LogP contribution in [0.4, 0.5) is 4.39 Å². The fraction of sp³-hybridized carbons (Fsp3) is 0.154. The summed E-state index contributed by atoms with van der Waals surface area (Å²) in [6.45, 7) is 2.23. The third-order valence-corrected chi connectivity index (χ3v) is 4.89. The first kappa shape index (κ1) is 19.9. The molecule has 4 heteroatoms. The maximum absolute atomic E-state index is 13.1. The quantitative estimate of drug-likeness (QED) is 0.364. The van der Waals surface area contributed by atoms with E-state index in [-0.39, 0.29) is 5.82 Å². The van der Waals surface area contributed by atoms with Crippen molar-refractivity contribution in [1.29, 1.82) is 0 Å². The topological polar surface area (TPSA) is 30.5 Å². The van der Waals surface area contributed by atoms with Crippen molar-refractivity contribution in [2.45, 2.75) is 13.1 Å². The first-order chi connectivity index (χ1) is 14.8. The van der Waals surface area contributed by atoms with E-state index in [2.05, 4.69) is 23.5 Å². The van der Waals surface area contributed by atoms with Gasteiger partial charge in [0.2, 0.25) is 0 Å². The highest BCUT2D eigenvalue weighted by Gasteiger charge is 2.09. The fourth-order valence-corrected chi connectivity index (χ4v) is 3.40. The molecule has 0 bridgehead atoms. The third-order valence-electron chi connectivity index (χ3n) is 4.89. The Kier molecular flexibility index (Phi) is 6.58. The number of para-hydroxylation sites is 1. The molecule has 4 aromatic carbocycles. The highest BCUT2D eigenvalue weighted by atomic mass is 19.1. The Morgan fingerprint density at radius 1 is 0.667 bits per heavy atom. The van der Waals surface area contributed by atoms with Crippen molar-refractivity contribution in [2.75, 3.05) is 13.2 Å². The van der Waals surface area contributed by atoms with Crippen molar-refractivity contribution in [3.8, 4) is 11.5 Å². The molecule has 152 valence electrons. The first-order valence-corrected chi connectivity index (χ1v) is 10.1. The Labute approximate surface area is 176 Å². The number of ether oxygens (including phenoxy) is 2. The number of nitrogens with one attached hydrogen (secondary N) is 1. The van der Waals surface area contributed by atoms with Gasteiger partial charge in [0.05, 0.1) is 0 Å². The molecule has 0 radical (unpaired) electrons. The molecule has 4 rings (SSSR count). The van der Waals surface area contributed by atoms with Gasteiger partial charge in [0, 0.05) is 18.7 Å². The summed E-state index contributed by atoms with van der Waals surface area (Å²) >= 11 is 0. The Bertz CT molecular complexity index is 1080. The number of hydrogen-bond donors (Lipinski definition) is 1. The van der Waals surface area contributed by atoms with E-state index >= 15 is 0 Å². The summed E-state index contributed by atoms with van der Waals surface area (Å²) in [6.07, 6.45) is 0. The van der Waals surface area contributed by atoms with Crippen LogP contribution >= 0.6 is 0 Å². The lowest BCUT2D eigenvalue weighted by Gasteiger charge is -2.15. The maximum Gasteiger partial charge on any atom is 0.124 e. The van der Waals surface area contributed by atoms with E-state index in [1.54, 1.807) is 12.1 Å². The number of rotatable bonds is 9.